The molecule has 0 unspecified atom stereocenters. The topological polar surface area (TPSA) is 97.6 Å². The largest absolute Gasteiger partial charge is 0.383 e. The van der Waals surface area contributed by atoms with Crippen molar-refractivity contribution in [3.05, 3.63) is 64.8 Å². The predicted molar refractivity (Wildman–Crippen MR) is 125 cm³/mol. The van der Waals surface area contributed by atoms with E-state index in [0.29, 0.717) is 24.3 Å². The van der Waals surface area contributed by atoms with Crippen LogP contribution in [0, 0.1) is 6.92 Å². The third kappa shape index (κ3) is 4.53. The lowest BCUT2D eigenvalue weighted by molar-refractivity contribution is 0.0936. The number of carbonyl (C=O) groups excluding carboxylic acids is 2. The highest BCUT2D eigenvalue weighted by Gasteiger charge is 2.16. The van der Waals surface area contributed by atoms with Crippen LogP contribution in [0.1, 0.15) is 33.3 Å². The molecule has 1 amide bonds. The van der Waals surface area contributed by atoms with Gasteiger partial charge < -0.3 is 15.4 Å². The Labute approximate surface area is 189 Å². The molecule has 0 spiro atoms. The Hall–Kier alpha value is -3.56. The lowest BCUT2D eigenvalue weighted by atomic mass is 10.1. The van der Waals surface area contributed by atoms with E-state index >= 15 is 0 Å². The van der Waals surface area contributed by atoms with Crippen LogP contribution < -0.4 is 10.6 Å². The van der Waals surface area contributed by atoms with Crippen molar-refractivity contribution >= 4 is 39.5 Å². The fraction of sp³-hybridized carbons (Fsp3) is 0.217. The second-order valence-corrected chi connectivity index (χ2v) is 8.10. The molecule has 0 saturated carbocycles. The molecule has 9 heteroatoms. The molecule has 32 heavy (non-hydrogen) atoms. The third-order valence-corrected chi connectivity index (χ3v) is 5.69. The molecule has 0 aliphatic rings. The van der Waals surface area contributed by atoms with E-state index in [4.69, 9.17) is 9.72 Å². The number of imidazole rings is 1. The highest BCUT2D eigenvalue weighted by atomic mass is 32.1. The van der Waals surface area contributed by atoms with Gasteiger partial charge in [0.05, 0.1) is 23.6 Å². The molecule has 3 aromatic heterocycles. The minimum Gasteiger partial charge on any atom is -0.383 e. The van der Waals surface area contributed by atoms with Gasteiger partial charge in [-0.05, 0) is 50.2 Å². The summed E-state index contributed by atoms with van der Waals surface area (Å²) < 4.78 is 6.87. The molecule has 0 atom stereocenters. The number of nitrogens with zero attached hydrogens (tertiary/aromatic N) is 3. The summed E-state index contributed by atoms with van der Waals surface area (Å²) in [6.45, 7) is 4.36. The maximum absolute atomic E-state index is 12.4. The van der Waals surface area contributed by atoms with Crippen molar-refractivity contribution in [2.75, 3.05) is 25.6 Å². The summed E-state index contributed by atoms with van der Waals surface area (Å²) in [4.78, 5) is 33.2. The van der Waals surface area contributed by atoms with Crippen LogP contribution in [-0.2, 0) is 4.74 Å². The average molecular weight is 450 g/mol. The number of pyridine rings is 1. The van der Waals surface area contributed by atoms with Crippen molar-refractivity contribution in [2.24, 2.45) is 0 Å². The molecule has 0 fully saturated rings. The first-order valence-electron chi connectivity index (χ1n) is 10.1. The Morgan fingerprint density at radius 2 is 1.84 bits per heavy atom. The molecular formula is C23H23N5O3S. The number of thiazole rings is 1. The zero-order valence-electron chi connectivity index (χ0n) is 18.0. The average Bonchev–Trinajstić information content (AvgIpc) is 3.36. The number of Topliss-reactive ketones (excluding diaryl/α,β-unsaturated/α-hetero) is 1. The van der Waals surface area contributed by atoms with Crippen molar-refractivity contribution in [3.63, 3.8) is 0 Å². The van der Waals surface area contributed by atoms with Crippen molar-refractivity contribution in [1.82, 2.24) is 19.7 Å². The number of aryl methyl sites for hydroxylation is 1. The predicted octanol–water partition coefficient (Wildman–Crippen LogP) is 4.09. The lowest BCUT2D eigenvalue weighted by Crippen LogP contribution is -2.27. The summed E-state index contributed by atoms with van der Waals surface area (Å²) in [5, 5.41) is 8.77. The SMILES string of the molecule is COCCNC(=O)c1ccc2nc(C)c(-c3csc(Nc4ccc(C(C)=O)cc4)n3)n2c1. The Kier molecular flexibility index (Phi) is 6.29. The number of methoxy groups -OCH3 is 1. The van der Waals surface area contributed by atoms with Crippen molar-refractivity contribution in [1.29, 1.82) is 0 Å². The van der Waals surface area contributed by atoms with E-state index in [1.165, 1.54) is 11.3 Å². The van der Waals surface area contributed by atoms with E-state index in [1.54, 1.807) is 38.4 Å². The van der Waals surface area contributed by atoms with Crippen molar-refractivity contribution in [2.45, 2.75) is 13.8 Å². The molecule has 4 aromatic rings. The molecule has 2 N–H and O–H groups in total. The Morgan fingerprint density at radius 1 is 1.09 bits per heavy atom. The van der Waals surface area contributed by atoms with Crippen LogP contribution in [0.5, 0.6) is 0 Å². The molecule has 0 saturated heterocycles. The minimum absolute atomic E-state index is 0.0305. The number of ketones is 1. The van der Waals surface area contributed by atoms with Crippen molar-refractivity contribution < 1.29 is 14.3 Å². The molecule has 164 valence electrons. The van der Waals surface area contributed by atoms with Crippen LogP contribution in [0.25, 0.3) is 17.0 Å². The van der Waals surface area contributed by atoms with E-state index in [0.717, 1.165) is 33.5 Å². The molecule has 8 nitrogen and oxygen atoms in total. The normalized spacial score (nSPS) is 11.0. The summed E-state index contributed by atoms with van der Waals surface area (Å²) in [6.07, 6.45) is 1.78. The van der Waals surface area contributed by atoms with Crippen LogP contribution in [0.4, 0.5) is 10.8 Å². The molecule has 4 rings (SSSR count). The van der Waals surface area contributed by atoms with Crippen LogP contribution in [0.3, 0.4) is 0 Å². The Bertz CT molecular complexity index is 1280. The molecule has 1 aromatic carbocycles. The smallest absolute Gasteiger partial charge is 0.252 e. The van der Waals surface area contributed by atoms with E-state index in [1.807, 2.05) is 34.9 Å². The number of nitrogens with one attached hydrogen (secondary N) is 2. The van der Waals surface area contributed by atoms with Gasteiger partial charge in [-0.25, -0.2) is 9.97 Å². The van der Waals surface area contributed by atoms with Gasteiger partial charge in [0.25, 0.3) is 5.91 Å². The summed E-state index contributed by atoms with van der Waals surface area (Å²) in [7, 11) is 1.59. The molecule has 0 aliphatic heterocycles. The van der Waals surface area contributed by atoms with Gasteiger partial charge in [0.15, 0.2) is 10.9 Å². The maximum atomic E-state index is 12.4. The van der Waals surface area contributed by atoms with E-state index in [2.05, 4.69) is 15.6 Å². The summed E-state index contributed by atoms with van der Waals surface area (Å²) in [5.41, 5.74) is 5.21. The number of aromatic nitrogens is 3. The molecule has 0 radical (unpaired) electrons. The van der Waals surface area contributed by atoms with Crippen LogP contribution >= 0.6 is 11.3 Å². The number of amides is 1. The summed E-state index contributed by atoms with van der Waals surface area (Å²) >= 11 is 1.47. The van der Waals surface area contributed by atoms with E-state index in [9.17, 15) is 9.59 Å². The standard InChI is InChI=1S/C23H23N5O3S/c1-14-21(28-12-17(6-9-20(28)25-14)22(30)24-10-11-31-3)19-13-32-23(27-19)26-18-7-4-16(5-8-18)15(2)29/h4-9,12-13H,10-11H2,1-3H3,(H,24,30)(H,26,27). The number of rotatable bonds is 8. The van der Waals surface area contributed by atoms with Crippen molar-refractivity contribution in [3.8, 4) is 11.4 Å². The Balaban J connectivity index is 1.60. The maximum Gasteiger partial charge on any atom is 0.252 e. The molecule has 0 bridgehead atoms. The summed E-state index contributed by atoms with van der Waals surface area (Å²) in [6, 6.07) is 10.9. The van der Waals surface area contributed by atoms with Crippen LogP contribution in [-0.4, -0.2) is 46.3 Å². The van der Waals surface area contributed by atoms with Gasteiger partial charge in [0.1, 0.15) is 11.3 Å². The second-order valence-electron chi connectivity index (χ2n) is 7.24. The quantitative estimate of drug-likeness (QED) is 0.311. The highest BCUT2D eigenvalue weighted by Crippen LogP contribution is 2.30. The first-order valence-corrected chi connectivity index (χ1v) is 10.9. The van der Waals surface area contributed by atoms with Crippen LogP contribution in [0.2, 0.25) is 0 Å². The zero-order valence-corrected chi connectivity index (χ0v) is 18.8. The van der Waals surface area contributed by atoms with Crippen LogP contribution in [0.15, 0.2) is 48.0 Å². The van der Waals surface area contributed by atoms with Gasteiger partial charge in [-0.1, -0.05) is 0 Å². The molecule has 0 aliphatic carbocycles. The lowest BCUT2D eigenvalue weighted by Gasteiger charge is -2.06. The number of benzene rings is 1. The first-order chi connectivity index (χ1) is 15.5. The van der Waals surface area contributed by atoms with Gasteiger partial charge in [0.2, 0.25) is 0 Å². The van der Waals surface area contributed by atoms with Gasteiger partial charge in [-0.3, -0.25) is 14.0 Å². The number of ether oxygens (including phenoxy) is 1. The highest BCUT2D eigenvalue weighted by molar-refractivity contribution is 7.14. The fourth-order valence-electron chi connectivity index (χ4n) is 3.33. The van der Waals surface area contributed by atoms with Gasteiger partial charge in [0, 0.05) is 36.5 Å². The fourth-order valence-corrected chi connectivity index (χ4v) is 4.04. The number of anilines is 2. The third-order valence-electron chi connectivity index (χ3n) is 4.94. The number of fused-ring (bicyclic) bond motifs is 1. The molecular weight excluding hydrogens is 426 g/mol. The first kappa shape index (κ1) is 21.7. The number of carbonyl (C=O) groups is 2. The monoisotopic (exact) mass is 449 g/mol. The Morgan fingerprint density at radius 3 is 2.56 bits per heavy atom. The minimum atomic E-state index is -0.170. The second kappa shape index (κ2) is 9.29. The van der Waals surface area contributed by atoms with Gasteiger partial charge in [-0.15, -0.1) is 11.3 Å². The number of hydrogen-bond acceptors (Lipinski definition) is 7. The van der Waals surface area contributed by atoms with E-state index < -0.39 is 0 Å². The van der Waals surface area contributed by atoms with Gasteiger partial charge >= 0.3 is 0 Å². The number of hydrogen-bond donors (Lipinski definition) is 2. The summed E-state index contributed by atoms with van der Waals surface area (Å²) in [5.74, 6) is -0.140. The van der Waals surface area contributed by atoms with E-state index in [-0.39, 0.29) is 11.7 Å². The molecule has 3 heterocycles. The van der Waals surface area contributed by atoms with Gasteiger partial charge in [-0.2, -0.15) is 0 Å². The zero-order chi connectivity index (χ0) is 22.7.